The van der Waals surface area contributed by atoms with Crippen molar-refractivity contribution in [2.24, 2.45) is 0 Å². The summed E-state index contributed by atoms with van der Waals surface area (Å²) in [6, 6.07) is 6.27. The number of anilines is 2. The van der Waals surface area contributed by atoms with Crippen LogP contribution in [0, 0.1) is 0 Å². The number of nitrogens with zero attached hydrogens (tertiary/aromatic N) is 2. The van der Waals surface area contributed by atoms with Crippen LogP contribution < -0.4 is 15.5 Å². The molecule has 2 aliphatic heterocycles. The zero-order valence-corrected chi connectivity index (χ0v) is 16.9. The second-order valence-corrected chi connectivity index (χ2v) is 7.33. The molecule has 9 heteroatoms. The number of thiazole rings is 1. The zero-order chi connectivity index (χ0) is 16.4. The molecule has 1 unspecified atom stereocenters. The van der Waals surface area contributed by atoms with Gasteiger partial charge in [-0.25, -0.2) is 4.98 Å². The molecule has 1 aromatic heterocycles. The fourth-order valence-electron chi connectivity index (χ4n) is 3.25. The molecule has 0 radical (unpaired) electrons. The summed E-state index contributed by atoms with van der Waals surface area (Å²) in [6.07, 6.45) is 2.79. The molecule has 2 saturated heterocycles. The van der Waals surface area contributed by atoms with Crippen molar-refractivity contribution < 1.29 is 9.53 Å². The molecule has 0 bridgehead atoms. The normalized spacial score (nSPS) is 19.7. The Hall–Kier alpha value is -1.12. The minimum Gasteiger partial charge on any atom is -0.378 e. The average molecular weight is 419 g/mol. The molecule has 0 aliphatic carbocycles. The van der Waals surface area contributed by atoms with Gasteiger partial charge in [-0.15, -0.1) is 24.8 Å². The molecule has 144 valence electrons. The Balaban J connectivity index is 0.00000121. The number of aromatic nitrogens is 1. The first kappa shape index (κ1) is 21.2. The molecule has 0 saturated carbocycles. The Morgan fingerprint density at radius 1 is 1.35 bits per heavy atom. The van der Waals surface area contributed by atoms with Gasteiger partial charge in [0.25, 0.3) is 0 Å². The number of amides is 1. The minimum absolute atomic E-state index is 0. The maximum absolute atomic E-state index is 12.2. The van der Waals surface area contributed by atoms with E-state index >= 15 is 0 Å². The van der Waals surface area contributed by atoms with E-state index in [1.54, 1.807) is 11.3 Å². The van der Waals surface area contributed by atoms with E-state index in [1.807, 2.05) is 18.2 Å². The molecule has 1 aromatic carbocycles. The highest BCUT2D eigenvalue weighted by molar-refractivity contribution is 7.22. The number of morpholine rings is 1. The number of carbonyl (C=O) groups excluding carboxylic acids is 1. The Kier molecular flexibility index (Phi) is 7.91. The number of benzene rings is 1. The predicted octanol–water partition coefficient (Wildman–Crippen LogP) is 3.06. The van der Waals surface area contributed by atoms with Crippen LogP contribution in [-0.4, -0.2) is 49.8 Å². The second-order valence-electron chi connectivity index (χ2n) is 6.32. The monoisotopic (exact) mass is 418 g/mol. The van der Waals surface area contributed by atoms with Gasteiger partial charge in [0.2, 0.25) is 5.91 Å². The van der Waals surface area contributed by atoms with Gasteiger partial charge in [0.15, 0.2) is 5.13 Å². The summed E-state index contributed by atoms with van der Waals surface area (Å²) in [5.41, 5.74) is 1.83. The van der Waals surface area contributed by atoms with Gasteiger partial charge in [-0.2, -0.15) is 0 Å². The standard InChI is InChI=1S/C17H22N4O2S.2ClH/c22-16(11-12-2-1-5-18-12)19-13-3-4-14-15(10-13)24-17(20-14)21-6-8-23-9-7-21;;/h3-4,10,12,18H,1-2,5-9,11H2,(H,19,22);2*1H. The van der Waals surface area contributed by atoms with Crippen LogP contribution in [0.2, 0.25) is 0 Å². The topological polar surface area (TPSA) is 66.5 Å². The number of hydrogen-bond donors (Lipinski definition) is 2. The van der Waals surface area contributed by atoms with Crippen molar-refractivity contribution in [2.45, 2.75) is 25.3 Å². The van der Waals surface area contributed by atoms with Crippen LogP contribution in [0.4, 0.5) is 10.8 Å². The molecule has 6 nitrogen and oxygen atoms in total. The molecular formula is C17H24Cl2N4O2S. The van der Waals surface area contributed by atoms with E-state index in [1.165, 1.54) is 0 Å². The largest absolute Gasteiger partial charge is 0.378 e. The highest BCUT2D eigenvalue weighted by atomic mass is 35.5. The maximum atomic E-state index is 12.2. The fraction of sp³-hybridized carbons (Fsp3) is 0.529. The second kappa shape index (κ2) is 9.71. The van der Waals surface area contributed by atoms with Crippen LogP contribution in [0.1, 0.15) is 19.3 Å². The van der Waals surface area contributed by atoms with Gasteiger partial charge < -0.3 is 20.3 Å². The van der Waals surface area contributed by atoms with Crippen LogP contribution in [0.3, 0.4) is 0 Å². The van der Waals surface area contributed by atoms with E-state index in [9.17, 15) is 4.79 Å². The lowest BCUT2D eigenvalue weighted by Gasteiger charge is -2.25. The van der Waals surface area contributed by atoms with Gasteiger partial charge in [-0.1, -0.05) is 11.3 Å². The van der Waals surface area contributed by atoms with Crippen molar-refractivity contribution >= 4 is 63.1 Å². The summed E-state index contributed by atoms with van der Waals surface area (Å²) >= 11 is 1.67. The number of hydrogen-bond acceptors (Lipinski definition) is 6. The number of carbonyl (C=O) groups is 1. The number of nitrogens with one attached hydrogen (secondary N) is 2. The summed E-state index contributed by atoms with van der Waals surface area (Å²) < 4.78 is 6.50. The highest BCUT2D eigenvalue weighted by Crippen LogP contribution is 2.31. The van der Waals surface area contributed by atoms with E-state index < -0.39 is 0 Å². The van der Waals surface area contributed by atoms with E-state index in [4.69, 9.17) is 9.72 Å². The average Bonchev–Trinajstić information content (AvgIpc) is 3.24. The van der Waals surface area contributed by atoms with Crippen LogP contribution >= 0.6 is 36.2 Å². The van der Waals surface area contributed by atoms with Crippen molar-refractivity contribution in [2.75, 3.05) is 43.1 Å². The minimum atomic E-state index is 0. The predicted molar refractivity (Wildman–Crippen MR) is 111 cm³/mol. The summed E-state index contributed by atoms with van der Waals surface area (Å²) in [6.45, 7) is 4.31. The van der Waals surface area contributed by atoms with Gasteiger partial charge in [0.1, 0.15) is 0 Å². The van der Waals surface area contributed by atoms with Crippen molar-refractivity contribution in [3.8, 4) is 0 Å². The molecule has 0 spiro atoms. The maximum Gasteiger partial charge on any atom is 0.225 e. The first-order chi connectivity index (χ1) is 11.8. The van der Waals surface area contributed by atoms with Crippen LogP contribution in [-0.2, 0) is 9.53 Å². The van der Waals surface area contributed by atoms with Crippen LogP contribution in [0.15, 0.2) is 18.2 Å². The molecule has 2 fully saturated rings. The Bertz CT molecular complexity index is 731. The summed E-state index contributed by atoms with van der Waals surface area (Å²) in [5.74, 6) is 0.0756. The van der Waals surface area contributed by atoms with E-state index in [0.717, 1.165) is 66.7 Å². The molecule has 26 heavy (non-hydrogen) atoms. The number of fused-ring (bicyclic) bond motifs is 1. The third-order valence-corrected chi connectivity index (χ3v) is 5.62. The van der Waals surface area contributed by atoms with Gasteiger partial charge in [-0.3, -0.25) is 4.79 Å². The zero-order valence-electron chi connectivity index (χ0n) is 14.4. The Labute approximate surface area is 169 Å². The first-order valence-electron chi connectivity index (χ1n) is 8.54. The lowest BCUT2D eigenvalue weighted by Crippen LogP contribution is -2.36. The molecular weight excluding hydrogens is 395 g/mol. The molecule has 4 rings (SSSR count). The summed E-state index contributed by atoms with van der Waals surface area (Å²) in [5, 5.41) is 7.41. The molecule has 2 aliphatic rings. The fourth-order valence-corrected chi connectivity index (χ4v) is 4.30. The van der Waals surface area contributed by atoms with Crippen molar-refractivity contribution in [3.05, 3.63) is 18.2 Å². The Morgan fingerprint density at radius 3 is 2.88 bits per heavy atom. The van der Waals surface area contributed by atoms with E-state index in [0.29, 0.717) is 12.5 Å². The molecule has 1 amide bonds. The van der Waals surface area contributed by atoms with Gasteiger partial charge >= 0.3 is 0 Å². The third-order valence-electron chi connectivity index (χ3n) is 4.54. The first-order valence-corrected chi connectivity index (χ1v) is 9.36. The van der Waals surface area contributed by atoms with Crippen molar-refractivity contribution in [1.82, 2.24) is 10.3 Å². The van der Waals surface area contributed by atoms with Gasteiger partial charge in [-0.05, 0) is 37.6 Å². The summed E-state index contributed by atoms with van der Waals surface area (Å²) in [7, 11) is 0. The smallest absolute Gasteiger partial charge is 0.225 e. The van der Waals surface area contributed by atoms with Crippen LogP contribution in [0.25, 0.3) is 10.2 Å². The van der Waals surface area contributed by atoms with Crippen molar-refractivity contribution in [1.29, 1.82) is 0 Å². The van der Waals surface area contributed by atoms with Crippen molar-refractivity contribution in [3.63, 3.8) is 0 Å². The summed E-state index contributed by atoms with van der Waals surface area (Å²) in [4.78, 5) is 19.1. The van der Waals surface area contributed by atoms with Gasteiger partial charge in [0.05, 0.1) is 23.4 Å². The molecule has 2 N–H and O–H groups in total. The van der Waals surface area contributed by atoms with Crippen LogP contribution in [0.5, 0.6) is 0 Å². The van der Waals surface area contributed by atoms with E-state index in [-0.39, 0.29) is 30.7 Å². The SMILES string of the molecule is Cl.Cl.O=C(CC1CCCN1)Nc1ccc2nc(N3CCOCC3)sc2c1. The molecule has 3 heterocycles. The highest BCUT2D eigenvalue weighted by Gasteiger charge is 2.18. The lowest BCUT2D eigenvalue weighted by molar-refractivity contribution is -0.116. The number of ether oxygens (including phenoxy) is 1. The number of halogens is 2. The van der Waals surface area contributed by atoms with E-state index in [2.05, 4.69) is 15.5 Å². The lowest BCUT2D eigenvalue weighted by atomic mass is 10.1. The third kappa shape index (κ3) is 4.98. The van der Waals surface area contributed by atoms with Gasteiger partial charge in [0, 0.05) is 31.2 Å². The number of rotatable bonds is 4. The molecule has 1 atom stereocenters. The quantitative estimate of drug-likeness (QED) is 0.798. The molecule has 2 aromatic rings. The Morgan fingerprint density at radius 2 is 2.15 bits per heavy atom.